The molecule has 2 N–H and O–H groups in total. The van der Waals surface area contributed by atoms with Gasteiger partial charge in [0.05, 0.1) is 0 Å². The third-order valence-corrected chi connectivity index (χ3v) is 4.53. The maximum atomic E-state index is 12.0. The molecular weight excluding hydrogens is 282 g/mol. The molecule has 2 rings (SSSR count). The van der Waals surface area contributed by atoms with Gasteiger partial charge in [0.1, 0.15) is 5.54 Å². The number of amides is 4. The molecule has 2 fully saturated rings. The number of imide groups is 1. The van der Waals surface area contributed by atoms with Crippen molar-refractivity contribution in [3.05, 3.63) is 0 Å². The molecule has 1 saturated carbocycles. The molecule has 4 amide bonds. The van der Waals surface area contributed by atoms with Crippen LogP contribution in [0.4, 0.5) is 4.79 Å². The topological polar surface area (TPSA) is 78.5 Å². The summed E-state index contributed by atoms with van der Waals surface area (Å²) in [4.78, 5) is 36.9. The van der Waals surface area contributed by atoms with Gasteiger partial charge in [-0.1, -0.05) is 19.8 Å². The van der Waals surface area contributed by atoms with Gasteiger partial charge in [-0.05, 0) is 39.0 Å². The Hall–Kier alpha value is -1.59. The fourth-order valence-corrected chi connectivity index (χ4v) is 3.28. The highest BCUT2D eigenvalue weighted by atomic mass is 16.2. The molecule has 1 aliphatic carbocycles. The van der Waals surface area contributed by atoms with Crippen molar-refractivity contribution < 1.29 is 14.4 Å². The molecule has 0 radical (unpaired) electrons. The fourth-order valence-electron chi connectivity index (χ4n) is 3.28. The van der Waals surface area contributed by atoms with Crippen LogP contribution in [0.1, 0.15) is 59.3 Å². The van der Waals surface area contributed by atoms with Gasteiger partial charge in [0, 0.05) is 19.0 Å². The second kappa shape index (κ2) is 6.67. The number of rotatable bonds is 5. The lowest BCUT2D eigenvalue weighted by molar-refractivity contribution is -0.130. The van der Waals surface area contributed by atoms with E-state index in [4.69, 9.17) is 0 Å². The van der Waals surface area contributed by atoms with Gasteiger partial charge in [0.25, 0.3) is 5.91 Å². The SMILES string of the molecule is C[C@@H]1CCC[C@@H](NC(=O)CCCN2C(=O)NC(C)(C)C2=O)C1. The Morgan fingerprint density at radius 1 is 1.36 bits per heavy atom. The molecule has 0 spiro atoms. The maximum absolute atomic E-state index is 12.0. The number of carbonyl (C=O) groups excluding carboxylic acids is 3. The van der Waals surface area contributed by atoms with Crippen LogP contribution in [0, 0.1) is 5.92 Å². The quantitative estimate of drug-likeness (QED) is 0.760. The molecule has 124 valence electrons. The first-order chi connectivity index (χ1) is 10.3. The van der Waals surface area contributed by atoms with Crippen molar-refractivity contribution in [2.75, 3.05) is 6.54 Å². The number of nitrogens with zero attached hydrogens (tertiary/aromatic N) is 1. The van der Waals surface area contributed by atoms with Gasteiger partial charge in [0.15, 0.2) is 0 Å². The normalized spacial score (nSPS) is 27.7. The van der Waals surface area contributed by atoms with Crippen molar-refractivity contribution in [2.24, 2.45) is 5.92 Å². The second-order valence-corrected chi connectivity index (χ2v) is 7.15. The Labute approximate surface area is 132 Å². The molecule has 0 aromatic heterocycles. The molecule has 1 heterocycles. The van der Waals surface area contributed by atoms with Gasteiger partial charge >= 0.3 is 6.03 Å². The summed E-state index contributed by atoms with van der Waals surface area (Å²) in [5.74, 6) is 0.469. The zero-order valence-corrected chi connectivity index (χ0v) is 13.8. The van der Waals surface area contributed by atoms with Gasteiger partial charge in [-0.3, -0.25) is 14.5 Å². The lowest BCUT2D eigenvalue weighted by atomic mass is 9.87. The minimum Gasteiger partial charge on any atom is -0.353 e. The Kier molecular flexibility index (Phi) is 5.08. The number of carbonyl (C=O) groups is 3. The zero-order valence-electron chi connectivity index (χ0n) is 13.8. The van der Waals surface area contributed by atoms with Crippen LogP contribution in [0.3, 0.4) is 0 Å². The smallest absolute Gasteiger partial charge is 0.325 e. The Morgan fingerprint density at radius 2 is 2.09 bits per heavy atom. The third-order valence-electron chi connectivity index (χ3n) is 4.53. The lowest BCUT2D eigenvalue weighted by Gasteiger charge is -2.27. The molecular formula is C16H27N3O3. The van der Waals surface area contributed by atoms with Crippen LogP contribution in [0.25, 0.3) is 0 Å². The lowest BCUT2D eigenvalue weighted by Crippen LogP contribution is -2.40. The molecule has 0 unspecified atom stereocenters. The summed E-state index contributed by atoms with van der Waals surface area (Å²) in [7, 11) is 0. The molecule has 1 aliphatic heterocycles. The predicted molar refractivity (Wildman–Crippen MR) is 83.1 cm³/mol. The maximum Gasteiger partial charge on any atom is 0.325 e. The first-order valence-corrected chi connectivity index (χ1v) is 8.23. The summed E-state index contributed by atoms with van der Waals surface area (Å²) in [6, 6.07) is -0.0802. The standard InChI is InChI=1S/C16H27N3O3/c1-11-6-4-7-12(10-11)17-13(20)8-5-9-19-14(21)16(2,3)18-15(19)22/h11-12H,4-10H2,1-3H3,(H,17,20)(H,18,22)/t11-,12-/m1/s1. The van der Waals surface area contributed by atoms with Crippen LogP contribution in [-0.4, -0.2) is 40.9 Å². The summed E-state index contributed by atoms with van der Waals surface area (Å²) in [5.41, 5.74) is -0.836. The third kappa shape index (κ3) is 3.99. The van der Waals surface area contributed by atoms with E-state index in [1.807, 2.05) is 0 Å². The highest BCUT2D eigenvalue weighted by Gasteiger charge is 2.43. The summed E-state index contributed by atoms with van der Waals surface area (Å²) < 4.78 is 0. The average molecular weight is 309 g/mol. The van der Waals surface area contributed by atoms with Crippen LogP contribution >= 0.6 is 0 Å². The number of hydrogen-bond donors (Lipinski definition) is 2. The van der Waals surface area contributed by atoms with E-state index >= 15 is 0 Å². The molecule has 22 heavy (non-hydrogen) atoms. The van der Waals surface area contributed by atoms with Crippen LogP contribution in [0.2, 0.25) is 0 Å². The molecule has 1 saturated heterocycles. The van der Waals surface area contributed by atoms with Gasteiger partial charge in [-0.2, -0.15) is 0 Å². The van der Waals surface area contributed by atoms with E-state index in [2.05, 4.69) is 17.6 Å². The Bertz CT molecular complexity index is 462. The van der Waals surface area contributed by atoms with Crippen LogP contribution < -0.4 is 10.6 Å². The summed E-state index contributed by atoms with van der Waals surface area (Å²) in [6.07, 6.45) is 5.37. The van der Waals surface area contributed by atoms with Crippen LogP contribution in [0.15, 0.2) is 0 Å². The molecule has 6 heteroatoms. The van der Waals surface area contributed by atoms with E-state index in [1.54, 1.807) is 13.8 Å². The van der Waals surface area contributed by atoms with E-state index in [9.17, 15) is 14.4 Å². The molecule has 0 aromatic carbocycles. The van der Waals surface area contributed by atoms with Gasteiger partial charge in [-0.25, -0.2) is 4.79 Å². The molecule has 6 nitrogen and oxygen atoms in total. The van der Waals surface area contributed by atoms with Crippen molar-refractivity contribution in [3.8, 4) is 0 Å². The molecule has 0 bridgehead atoms. The van der Waals surface area contributed by atoms with Crippen LogP contribution in [0.5, 0.6) is 0 Å². The van der Waals surface area contributed by atoms with Crippen LogP contribution in [-0.2, 0) is 9.59 Å². The minimum atomic E-state index is -0.836. The average Bonchev–Trinajstić information content (AvgIpc) is 2.60. The number of nitrogens with one attached hydrogen (secondary N) is 2. The Morgan fingerprint density at radius 3 is 2.68 bits per heavy atom. The van der Waals surface area contributed by atoms with Gasteiger partial charge in [-0.15, -0.1) is 0 Å². The number of urea groups is 1. The first-order valence-electron chi connectivity index (χ1n) is 8.23. The summed E-state index contributed by atoms with van der Waals surface area (Å²) >= 11 is 0. The van der Waals surface area contributed by atoms with E-state index in [-0.39, 0.29) is 23.9 Å². The van der Waals surface area contributed by atoms with Crippen molar-refractivity contribution in [2.45, 2.75) is 70.9 Å². The fraction of sp³-hybridized carbons (Fsp3) is 0.812. The monoisotopic (exact) mass is 309 g/mol. The highest BCUT2D eigenvalue weighted by Crippen LogP contribution is 2.23. The zero-order chi connectivity index (χ0) is 16.3. The first kappa shape index (κ1) is 16.8. The molecule has 0 aromatic rings. The van der Waals surface area contributed by atoms with Crippen molar-refractivity contribution in [3.63, 3.8) is 0 Å². The van der Waals surface area contributed by atoms with E-state index < -0.39 is 5.54 Å². The summed E-state index contributed by atoms with van der Waals surface area (Å²) in [5, 5.41) is 5.71. The van der Waals surface area contributed by atoms with Crippen molar-refractivity contribution in [1.82, 2.24) is 15.5 Å². The van der Waals surface area contributed by atoms with Crippen molar-refractivity contribution in [1.29, 1.82) is 0 Å². The molecule has 2 atom stereocenters. The van der Waals surface area contributed by atoms with E-state index in [1.165, 1.54) is 17.7 Å². The summed E-state index contributed by atoms with van der Waals surface area (Å²) in [6.45, 7) is 5.88. The predicted octanol–water partition coefficient (Wildman–Crippen LogP) is 1.79. The number of hydrogen-bond acceptors (Lipinski definition) is 3. The van der Waals surface area contributed by atoms with Gasteiger partial charge in [0.2, 0.25) is 5.91 Å². The Balaban J connectivity index is 1.71. The highest BCUT2D eigenvalue weighted by molar-refractivity contribution is 6.06. The van der Waals surface area contributed by atoms with Gasteiger partial charge < -0.3 is 10.6 Å². The molecule has 2 aliphatic rings. The minimum absolute atomic E-state index is 0.0189. The van der Waals surface area contributed by atoms with E-state index in [0.29, 0.717) is 25.3 Å². The second-order valence-electron chi connectivity index (χ2n) is 7.15. The van der Waals surface area contributed by atoms with E-state index in [0.717, 1.165) is 12.8 Å². The largest absolute Gasteiger partial charge is 0.353 e. The van der Waals surface area contributed by atoms with Crippen molar-refractivity contribution >= 4 is 17.8 Å².